The first-order valence-corrected chi connectivity index (χ1v) is 9.65. The Hall–Kier alpha value is -3.14. The van der Waals surface area contributed by atoms with E-state index in [4.69, 9.17) is 9.72 Å². The second-order valence-electron chi connectivity index (χ2n) is 7.18. The lowest BCUT2D eigenvalue weighted by molar-refractivity contribution is 0.0732. The molecule has 1 atom stereocenters. The van der Waals surface area contributed by atoms with Crippen molar-refractivity contribution in [3.05, 3.63) is 83.7 Å². The summed E-state index contributed by atoms with van der Waals surface area (Å²) in [6.45, 7) is 2.76. The van der Waals surface area contributed by atoms with Crippen LogP contribution in [0.2, 0.25) is 0 Å². The van der Waals surface area contributed by atoms with Crippen molar-refractivity contribution < 1.29 is 9.53 Å². The summed E-state index contributed by atoms with van der Waals surface area (Å²) < 4.78 is 5.28. The van der Waals surface area contributed by atoms with E-state index in [0.717, 1.165) is 41.9 Å². The van der Waals surface area contributed by atoms with Crippen LogP contribution in [0, 0.1) is 6.92 Å². The second kappa shape index (κ2) is 7.85. The number of rotatable bonds is 4. The first-order valence-electron chi connectivity index (χ1n) is 9.65. The van der Waals surface area contributed by atoms with Crippen molar-refractivity contribution in [2.45, 2.75) is 25.8 Å². The highest BCUT2D eigenvalue weighted by molar-refractivity contribution is 5.95. The van der Waals surface area contributed by atoms with E-state index in [1.54, 1.807) is 13.2 Å². The molecular weight excluding hydrogens is 348 g/mol. The summed E-state index contributed by atoms with van der Waals surface area (Å²) in [5, 5.41) is 0. The van der Waals surface area contributed by atoms with Gasteiger partial charge in [0.1, 0.15) is 5.75 Å². The predicted molar refractivity (Wildman–Crippen MR) is 110 cm³/mol. The van der Waals surface area contributed by atoms with E-state index in [-0.39, 0.29) is 11.9 Å². The Morgan fingerprint density at radius 2 is 1.86 bits per heavy atom. The topological polar surface area (TPSA) is 42.4 Å². The van der Waals surface area contributed by atoms with Crippen molar-refractivity contribution in [3.8, 4) is 16.9 Å². The standard InChI is InChI=1S/C24H24N2O2/c1-17-14-20(18-8-4-3-5-9-18)16-22(25-17)23-12-7-13-26(23)24(27)19-10-6-11-21(15-19)28-2/h3-6,8-11,14-16,23H,7,12-13H2,1-2H3/t23-/m1/s1. The molecule has 1 aliphatic rings. The summed E-state index contributed by atoms with van der Waals surface area (Å²) >= 11 is 0. The maximum absolute atomic E-state index is 13.2. The normalized spacial score (nSPS) is 16.2. The lowest BCUT2D eigenvalue weighted by Gasteiger charge is -2.25. The zero-order valence-electron chi connectivity index (χ0n) is 16.3. The van der Waals surface area contributed by atoms with Crippen LogP contribution in [0.5, 0.6) is 5.75 Å². The molecule has 2 aromatic carbocycles. The molecule has 0 N–H and O–H groups in total. The number of benzene rings is 2. The van der Waals surface area contributed by atoms with Gasteiger partial charge in [0.05, 0.1) is 18.8 Å². The number of methoxy groups -OCH3 is 1. The van der Waals surface area contributed by atoms with Crippen LogP contribution in [-0.4, -0.2) is 29.4 Å². The molecule has 0 radical (unpaired) electrons. The number of carbonyl (C=O) groups excluding carboxylic acids is 1. The molecule has 1 aliphatic heterocycles. The van der Waals surface area contributed by atoms with Gasteiger partial charge in [0, 0.05) is 17.8 Å². The molecule has 3 aromatic rings. The van der Waals surface area contributed by atoms with Gasteiger partial charge < -0.3 is 9.64 Å². The molecule has 4 heteroatoms. The summed E-state index contributed by atoms with van der Waals surface area (Å²) in [5.74, 6) is 0.729. The van der Waals surface area contributed by atoms with Crippen LogP contribution in [-0.2, 0) is 0 Å². The highest BCUT2D eigenvalue weighted by Gasteiger charge is 2.32. The molecule has 1 aromatic heterocycles. The first kappa shape index (κ1) is 18.2. The monoisotopic (exact) mass is 372 g/mol. The van der Waals surface area contributed by atoms with Crippen molar-refractivity contribution in [2.24, 2.45) is 0 Å². The van der Waals surface area contributed by atoms with E-state index >= 15 is 0 Å². The molecule has 0 aliphatic carbocycles. The van der Waals surface area contributed by atoms with Crippen LogP contribution in [0.3, 0.4) is 0 Å². The first-order chi connectivity index (χ1) is 13.7. The van der Waals surface area contributed by atoms with Crippen LogP contribution in [0.1, 0.15) is 40.6 Å². The summed E-state index contributed by atoms with van der Waals surface area (Å²) in [7, 11) is 1.62. The summed E-state index contributed by atoms with van der Waals surface area (Å²) in [4.78, 5) is 19.9. The van der Waals surface area contributed by atoms with Crippen molar-refractivity contribution in [2.75, 3.05) is 13.7 Å². The molecule has 4 nitrogen and oxygen atoms in total. The van der Waals surface area contributed by atoms with Crippen molar-refractivity contribution >= 4 is 5.91 Å². The lowest BCUT2D eigenvalue weighted by atomic mass is 10.0. The van der Waals surface area contributed by atoms with Gasteiger partial charge in [-0.1, -0.05) is 36.4 Å². The number of aromatic nitrogens is 1. The van der Waals surface area contributed by atoms with Crippen LogP contribution >= 0.6 is 0 Å². The van der Waals surface area contributed by atoms with Gasteiger partial charge in [-0.2, -0.15) is 0 Å². The van der Waals surface area contributed by atoms with Gasteiger partial charge in [-0.05, 0) is 61.2 Å². The van der Waals surface area contributed by atoms with E-state index < -0.39 is 0 Å². The van der Waals surface area contributed by atoms with E-state index in [1.165, 1.54) is 0 Å². The fourth-order valence-corrected chi connectivity index (χ4v) is 3.90. The predicted octanol–water partition coefficient (Wildman–Crippen LogP) is 5.04. The van der Waals surface area contributed by atoms with Crippen LogP contribution in [0.4, 0.5) is 0 Å². The molecule has 0 unspecified atom stereocenters. The van der Waals surface area contributed by atoms with Crippen LogP contribution < -0.4 is 4.74 Å². The number of carbonyl (C=O) groups is 1. The Kier molecular flexibility index (Phi) is 5.11. The Balaban J connectivity index is 1.66. The van der Waals surface area contributed by atoms with Crippen molar-refractivity contribution in [1.82, 2.24) is 9.88 Å². The minimum Gasteiger partial charge on any atom is -0.497 e. The average Bonchev–Trinajstić information content (AvgIpc) is 3.23. The van der Waals surface area contributed by atoms with E-state index in [1.807, 2.05) is 48.2 Å². The molecule has 28 heavy (non-hydrogen) atoms. The van der Waals surface area contributed by atoms with E-state index in [2.05, 4.69) is 24.3 Å². The summed E-state index contributed by atoms with van der Waals surface area (Å²) in [5.41, 5.74) is 4.90. The summed E-state index contributed by atoms with van der Waals surface area (Å²) in [6.07, 6.45) is 1.91. The molecular formula is C24H24N2O2. The molecule has 0 saturated carbocycles. The zero-order valence-corrected chi connectivity index (χ0v) is 16.3. The number of amides is 1. The van der Waals surface area contributed by atoms with Gasteiger partial charge in [0.25, 0.3) is 5.91 Å². The minimum atomic E-state index is 0.000985. The molecule has 1 amide bonds. The maximum Gasteiger partial charge on any atom is 0.254 e. The zero-order chi connectivity index (χ0) is 19.5. The molecule has 0 spiro atoms. The van der Waals surface area contributed by atoms with Crippen LogP contribution in [0.15, 0.2) is 66.7 Å². The second-order valence-corrected chi connectivity index (χ2v) is 7.18. The Labute approximate surface area is 165 Å². The van der Waals surface area contributed by atoms with Crippen molar-refractivity contribution in [3.63, 3.8) is 0 Å². The van der Waals surface area contributed by atoms with Gasteiger partial charge in [0.2, 0.25) is 0 Å². The molecule has 1 fully saturated rings. The quantitative estimate of drug-likeness (QED) is 0.644. The Morgan fingerprint density at radius 1 is 1.04 bits per heavy atom. The number of nitrogens with zero attached hydrogens (tertiary/aromatic N) is 2. The minimum absolute atomic E-state index is 0.000985. The smallest absolute Gasteiger partial charge is 0.254 e. The summed E-state index contributed by atoms with van der Waals surface area (Å²) in [6, 6.07) is 21.9. The van der Waals surface area contributed by atoms with Gasteiger partial charge in [-0.15, -0.1) is 0 Å². The number of aryl methyl sites for hydroxylation is 1. The highest BCUT2D eigenvalue weighted by atomic mass is 16.5. The molecule has 1 saturated heterocycles. The number of likely N-dealkylation sites (tertiary alicyclic amines) is 1. The maximum atomic E-state index is 13.2. The fraction of sp³-hybridized carbons (Fsp3) is 0.250. The number of hydrogen-bond donors (Lipinski definition) is 0. The Morgan fingerprint density at radius 3 is 2.64 bits per heavy atom. The van der Waals surface area contributed by atoms with Gasteiger partial charge in [0.15, 0.2) is 0 Å². The highest BCUT2D eigenvalue weighted by Crippen LogP contribution is 2.34. The largest absolute Gasteiger partial charge is 0.497 e. The third-order valence-corrected chi connectivity index (χ3v) is 5.25. The van der Waals surface area contributed by atoms with Crippen molar-refractivity contribution in [1.29, 1.82) is 0 Å². The third kappa shape index (κ3) is 3.63. The lowest BCUT2D eigenvalue weighted by Crippen LogP contribution is -2.31. The number of pyridine rings is 1. The number of hydrogen-bond acceptors (Lipinski definition) is 3. The fourth-order valence-electron chi connectivity index (χ4n) is 3.90. The van der Waals surface area contributed by atoms with E-state index in [9.17, 15) is 4.79 Å². The molecule has 4 rings (SSSR count). The number of ether oxygens (including phenoxy) is 1. The molecule has 0 bridgehead atoms. The third-order valence-electron chi connectivity index (χ3n) is 5.25. The Bertz CT molecular complexity index is 985. The van der Waals surface area contributed by atoms with Gasteiger partial charge in [-0.25, -0.2) is 0 Å². The average molecular weight is 372 g/mol. The van der Waals surface area contributed by atoms with E-state index in [0.29, 0.717) is 11.3 Å². The van der Waals surface area contributed by atoms with Gasteiger partial charge >= 0.3 is 0 Å². The SMILES string of the molecule is COc1cccc(C(=O)N2CCC[C@@H]2c2cc(-c3ccccc3)cc(C)n2)c1. The van der Waals surface area contributed by atoms with Gasteiger partial charge in [-0.3, -0.25) is 9.78 Å². The molecule has 142 valence electrons. The van der Waals surface area contributed by atoms with Crippen LogP contribution in [0.25, 0.3) is 11.1 Å². The molecule has 2 heterocycles.